The minimum atomic E-state index is -3.50. The van der Waals surface area contributed by atoms with Crippen LogP contribution in [-0.2, 0) is 23.2 Å². The Morgan fingerprint density at radius 3 is 2.64 bits per heavy atom. The number of nitrogens with zero attached hydrogens (tertiary/aromatic N) is 4. The van der Waals surface area contributed by atoms with Crippen molar-refractivity contribution in [2.24, 2.45) is 5.92 Å². The summed E-state index contributed by atoms with van der Waals surface area (Å²) in [4.78, 5) is 4.56. The van der Waals surface area contributed by atoms with Gasteiger partial charge in [0.15, 0.2) is 5.82 Å². The van der Waals surface area contributed by atoms with Gasteiger partial charge in [0.25, 0.3) is 0 Å². The van der Waals surface area contributed by atoms with Crippen molar-refractivity contribution in [2.45, 2.75) is 43.7 Å². The molecule has 7 nitrogen and oxygen atoms in total. The van der Waals surface area contributed by atoms with Crippen LogP contribution in [0.5, 0.6) is 0 Å². The SMILES string of the molecule is O=S(=O)(c1ccc(-c2ncnn2CC2CC2)c(CO)c1)N1CCCC1. The van der Waals surface area contributed by atoms with Gasteiger partial charge in [0.05, 0.1) is 11.5 Å². The van der Waals surface area contributed by atoms with E-state index < -0.39 is 10.0 Å². The quantitative estimate of drug-likeness (QED) is 0.844. The molecular formula is C17H22N4O3S. The smallest absolute Gasteiger partial charge is 0.243 e. The summed E-state index contributed by atoms with van der Waals surface area (Å²) >= 11 is 0. The first kappa shape index (κ1) is 16.7. The average molecular weight is 362 g/mol. The lowest BCUT2D eigenvalue weighted by atomic mass is 10.1. The van der Waals surface area contributed by atoms with Crippen molar-refractivity contribution in [2.75, 3.05) is 13.1 Å². The van der Waals surface area contributed by atoms with E-state index in [0.29, 0.717) is 30.4 Å². The lowest BCUT2D eigenvalue weighted by molar-refractivity contribution is 0.282. The number of aromatic nitrogens is 3. The van der Waals surface area contributed by atoms with Crippen LogP contribution in [0.25, 0.3) is 11.4 Å². The molecule has 25 heavy (non-hydrogen) atoms. The standard InChI is InChI=1S/C17H22N4O3S/c22-11-14-9-15(25(23,24)20-7-1-2-8-20)5-6-16(14)17-18-12-19-21(17)10-13-3-4-13/h5-6,9,12-13,22H,1-4,7-8,10-11H2. The number of aliphatic hydroxyl groups excluding tert-OH is 1. The monoisotopic (exact) mass is 362 g/mol. The first-order valence-corrected chi connectivity index (χ1v) is 10.2. The summed E-state index contributed by atoms with van der Waals surface area (Å²) in [6, 6.07) is 4.92. The van der Waals surface area contributed by atoms with E-state index in [9.17, 15) is 13.5 Å². The fourth-order valence-corrected chi connectivity index (χ4v) is 4.88. The van der Waals surface area contributed by atoms with Crippen molar-refractivity contribution in [3.8, 4) is 11.4 Å². The van der Waals surface area contributed by atoms with Crippen LogP contribution in [0, 0.1) is 5.92 Å². The molecule has 8 heteroatoms. The largest absolute Gasteiger partial charge is 0.392 e. The Morgan fingerprint density at radius 2 is 1.96 bits per heavy atom. The van der Waals surface area contributed by atoms with E-state index in [4.69, 9.17) is 0 Å². The zero-order chi connectivity index (χ0) is 17.4. The maximum atomic E-state index is 12.7. The van der Waals surface area contributed by atoms with Crippen molar-refractivity contribution in [3.05, 3.63) is 30.1 Å². The predicted octanol–water partition coefficient (Wildman–Crippen LogP) is 1.63. The third kappa shape index (κ3) is 3.21. The van der Waals surface area contributed by atoms with E-state index in [1.807, 2.05) is 4.68 Å². The molecule has 1 aromatic heterocycles. The molecule has 0 radical (unpaired) electrons. The Kier molecular flexibility index (Phi) is 4.35. The first-order valence-electron chi connectivity index (χ1n) is 8.71. The van der Waals surface area contributed by atoms with Gasteiger partial charge in [-0.05, 0) is 55.4 Å². The van der Waals surface area contributed by atoms with Crippen LogP contribution in [0.1, 0.15) is 31.2 Å². The Morgan fingerprint density at radius 1 is 1.20 bits per heavy atom. The van der Waals surface area contributed by atoms with E-state index in [1.165, 1.54) is 23.5 Å². The second-order valence-electron chi connectivity index (χ2n) is 6.80. The van der Waals surface area contributed by atoms with Gasteiger partial charge in [0, 0.05) is 25.2 Å². The highest BCUT2D eigenvalue weighted by molar-refractivity contribution is 7.89. The van der Waals surface area contributed by atoms with Crippen LogP contribution < -0.4 is 0 Å². The Hall–Kier alpha value is -1.77. The van der Waals surface area contributed by atoms with Gasteiger partial charge in [0.2, 0.25) is 10.0 Å². The number of rotatable bonds is 6. The molecule has 2 aromatic rings. The lowest BCUT2D eigenvalue weighted by Gasteiger charge is -2.17. The normalized spacial score (nSPS) is 18.8. The molecule has 0 amide bonds. The molecule has 134 valence electrons. The van der Waals surface area contributed by atoms with E-state index in [1.54, 1.807) is 18.2 Å². The summed E-state index contributed by atoms with van der Waals surface area (Å²) in [5.41, 5.74) is 1.30. The fourth-order valence-electron chi connectivity index (χ4n) is 3.31. The molecular weight excluding hydrogens is 340 g/mol. The molecule has 1 aliphatic heterocycles. The molecule has 0 atom stereocenters. The summed E-state index contributed by atoms with van der Waals surface area (Å²) in [7, 11) is -3.50. The Bertz CT molecular complexity index is 868. The van der Waals surface area contributed by atoms with Gasteiger partial charge in [0.1, 0.15) is 6.33 Å². The Balaban J connectivity index is 1.70. The minimum absolute atomic E-state index is 0.232. The topological polar surface area (TPSA) is 88.3 Å². The highest BCUT2D eigenvalue weighted by atomic mass is 32.2. The second kappa shape index (κ2) is 6.51. The predicted molar refractivity (Wildman–Crippen MR) is 92.1 cm³/mol. The molecule has 0 bridgehead atoms. The van der Waals surface area contributed by atoms with E-state index in [-0.39, 0.29) is 11.5 Å². The fraction of sp³-hybridized carbons (Fsp3) is 0.529. The third-order valence-electron chi connectivity index (χ3n) is 4.93. The minimum Gasteiger partial charge on any atom is -0.392 e. The summed E-state index contributed by atoms with van der Waals surface area (Å²) < 4.78 is 28.8. The zero-order valence-electron chi connectivity index (χ0n) is 14.0. The molecule has 2 heterocycles. The highest BCUT2D eigenvalue weighted by Gasteiger charge is 2.28. The number of benzene rings is 1. The first-order chi connectivity index (χ1) is 12.1. The van der Waals surface area contributed by atoms with Crippen LogP contribution in [0.4, 0.5) is 0 Å². The van der Waals surface area contributed by atoms with Crippen molar-refractivity contribution in [3.63, 3.8) is 0 Å². The van der Waals surface area contributed by atoms with Gasteiger partial charge in [-0.3, -0.25) is 0 Å². The van der Waals surface area contributed by atoms with Crippen LogP contribution in [0.2, 0.25) is 0 Å². The molecule has 4 rings (SSSR count). The summed E-state index contributed by atoms with van der Waals surface area (Å²) in [5, 5.41) is 14.1. The number of sulfonamides is 1. The third-order valence-corrected chi connectivity index (χ3v) is 6.83. The molecule has 1 aromatic carbocycles. The Labute approximate surface area is 147 Å². The van der Waals surface area contributed by atoms with Gasteiger partial charge in [-0.2, -0.15) is 9.40 Å². The molecule has 0 unspecified atom stereocenters. The lowest BCUT2D eigenvalue weighted by Crippen LogP contribution is -2.28. The van der Waals surface area contributed by atoms with Crippen molar-refractivity contribution >= 4 is 10.0 Å². The average Bonchev–Trinajstić information content (AvgIpc) is 3.08. The van der Waals surface area contributed by atoms with Crippen LogP contribution >= 0.6 is 0 Å². The summed E-state index contributed by atoms with van der Waals surface area (Å²) in [5.74, 6) is 1.33. The molecule has 2 aliphatic rings. The maximum absolute atomic E-state index is 12.7. The molecule has 1 saturated heterocycles. The molecule has 2 fully saturated rings. The van der Waals surface area contributed by atoms with Gasteiger partial charge in [-0.1, -0.05) is 0 Å². The van der Waals surface area contributed by atoms with Crippen LogP contribution in [0.15, 0.2) is 29.4 Å². The number of hydrogen-bond acceptors (Lipinski definition) is 5. The van der Waals surface area contributed by atoms with E-state index >= 15 is 0 Å². The zero-order valence-corrected chi connectivity index (χ0v) is 14.8. The summed E-state index contributed by atoms with van der Waals surface area (Å²) in [6.45, 7) is 1.70. The van der Waals surface area contributed by atoms with Gasteiger partial charge >= 0.3 is 0 Å². The van der Waals surface area contributed by atoms with Gasteiger partial charge < -0.3 is 5.11 Å². The molecule has 1 aliphatic carbocycles. The number of hydrogen-bond donors (Lipinski definition) is 1. The molecule has 0 spiro atoms. The molecule has 1 saturated carbocycles. The van der Waals surface area contributed by atoms with Gasteiger partial charge in [-0.25, -0.2) is 18.1 Å². The second-order valence-corrected chi connectivity index (χ2v) is 8.74. The van der Waals surface area contributed by atoms with Crippen LogP contribution in [-0.4, -0.2) is 45.7 Å². The van der Waals surface area contributed by atoms with Crippen molar-refractivity contribution in [1.29, 1.82) is 0 Å². The molecule has 1 N–H and O–H groups in total. The van der Waals surface area contributed by atoms with E-state index in [0.717, 1.165) is 24.9 Å². The maximum Gasteiger partial charge on any atom is 0.243 e. The van der Waals surface area contributed by atoms with Crippen LogP contribution in [0.3, 0.4) is 0 Å². The van der Waals surface area contributed by atoms with Crippen molar-refractivity contribution in [1.82, 2.24) is 19.1 Å². The number of aliphatic hydroxyl groups is 1. The van der Waals surface area contributed by atoms with Gasteiger partial charge in [-0.15, -0.1) is 0 Å². The highest BCUT2D eigenvalue weighted by Crippen LogP contribution is 2.33. The van der Waals surface area contributed by atoms with Crippen molar-refractivity contribution < 1.29 is 13.5 Å². The summed E-state index contributed by atoms with van der Waals surface area (Å²) in [6.07, 6.45) is 5.72. The van der Waals surface area contributed by atoms with E-state index in [2.05, 4.69) is 10.1 Å².